The normalized spacial score (nSPS) is 9.80. The van der Waals surface area contributed by atoms with Gasteiger partial charge in [-0.3, -0.25) is 4.98 Å². The lowest BCUT2D eigenvalue weighted by molar-refractivity contribution is 1.27. The summed E-state index contributed by atoms with van der Waals surface area (Å²) in [6.45, 7) is 0. The van der Waals surface area contributed by atoms with E-state index in [0.717, 1.165) is 16.3 Å². The van der Waals surface area contributed by atoms with Crippen molar-refractivity contribution in [2.45, 2.75) is 5.75 Å². The highest BCUT2D eigenvalue weighted by Crippen LogP contribution is 2.17. The molecule has 10 heavy (non-hydrogen) atoms. The van der Waals surface area contributed by atoms with Crippen molar-refractivity contribution in [3.8, 4) is 0 Å². The molecule has 1 nitrogen and oxygen atoms in total. The Hall–Kier alpha value is -0.210. The lowest BCUT2D eigenvalue weighted by Gasteiger charge is -1.98. The van der Waals surface area contributed by atoms with Crippen LogP contribution in [0.25, 0.3) is 0 Å². The molecule has 1 rings (SSSR count). The van der Waals surface area contributed by atoms with Crippen LogP contribution in [0.5, 0.6) is 0 Å². The summed E-state index contributed by atoms with van der Waals surface area (Å²) >= 11 is 7.58. The lowest BCUT2D eigenvalue weighted by Crippen LogP contribution is -1.81. The summed E-state index contributed by atoms with van der Waals surface area (Å²) in [6, 6.07) is 1.94. The van der Waals surface area contributed by atoms with Crippen molar-refractivity contribution in [1.82, 2.24) is 4.98 Å². The van der Waals surface area contributed by atoms with Gasteiger partial charge in [0.2, 0.25) is 0 Å². The van der Waals surface area contributed by atoms with E-state index in [1.165, 1.54) is 0 Å². The fraction of sp³-hybridized carbons (Fsp3) is 0.286. The molecule has 0 saturated carbocycles. The maximum Gasteiger partial charge on any atom is 0.0629 e. The molecule has 0 atom stereocenters. The molecule has 0 spiro atoms. The maximum absolute atomic E-state index is 5.83. The van der Waals surface area contributed by atoms with E-state index in [1.54, 1.807) is 24.2 Å². The second kappa shape index (κ2) is 3.84. The standard InChI is InChI=1S/C7H8ClNS/c1-10-5-6-2-3-9-4-7(6)8/h2-4H,5H2,1H3. The number of nitrogens with zero attached hydrogens (tertiary/aromatic N) is 1. The summed E-state index contributed by atoms with van der Waals surface area (Å²) in [5.74, 6) is 0.960. The lowest BCUT2D eigenvalue weighted by atomic mass is 10.3. The molecule has 1 heterocycles. The van der Waals surface area contributed by atoms with Crippen LogP contribution in [0.15, 0.2) is 18.5 Å². The summed E-state index contributed by atoms with van der Waals surface area (Å²) in [6.07, 6.45) is 5.49. The molecule has 0 fully saturated rings. The van der Waals surface area contributed by atoms with Crippen LogP contribution in [-0.4, -0.2) is 11.2 Å². The Bertz CT molecular complexity index is 215. The fourth-order valence-corrected chi connectivity index (χ4v) is 1.50. The van der Waals surface area contributed by atoms with Crippen molar-refractivity contribution in [2.75, 3.05) is 6.26 Å². The van der Waals surface area contributed by atoms with Gasteiger partial charge < -0.3 is 0 Å². The number of rotatable bonds is 2. The van der Waals surface area contributed by atoms with Crippen molar-refractivity contribution in [3.05, 3.63) is 29.0 Å². The van der Waals surface area contributed by atoms with Gasteiger partial charge in [-0.05, 0) is 17.9 Å². The number of aromatic nitrogens is 1. The van der Waals surface area contributed by atoms with Crippen LogP contribution in [0.4, 0.5) is 0 Å². The molecule has 0 aromatic carbocycles. The molecule has 0 N–H and O–H groups in total. The van der Waals surface area contributed by atoms with Crippen molar-refractivity contribution >= 4 is 23.4 Å². The van der Waals surface area contributed by atoms with Gasteiger partial charge >= 0.3 is 0 Å². The van der Waals surface area contributed by atoms with Crippen molar-refractivity contribution in [3.63, 3.8) is 0 Å². The van der Waals surface area contributed by atoms with Gasteiger partial charge in [0.15, 0.2) is 0 Å². The third-order valence-corrected chi connectivity index (χ3v) is 2.10. The monoisotopic (exact) mass is 173 g/mol. The Morgan fingerprint density at radius 3 is 3.10 bits per heavy atom. The second-order valence-electron chi connectivity index (χ2n) is 1.90. The SMILES string of the molecule is CSCc1ccncc1Cl. The molecule has 54 valence electrons. The van der Waals surface area contributed by atoms with Crippen LogP contribution in [-0.2, 0) is 5.75 Å². The van der Waals surface area contributed by atoms with Crippen molar-refractivity contribution in [2.24, 2.45) is 0 Å². The summed E-state index contributed by atoms with van der Waals surface area (Å²) in [5, 5.41) is 0.761. The maximum atomic E-state index is 5.83. The molecule has 0 aliphatic carbocycles. The zero-order valence-corrected chi connectivity index (χ0v) is 7.25. The predicted octanol–water partition coefficient (Wildman–Crippen LogP) is 2.60. The van der Waals surface area contributed by atoms with Gasteiger partial charge in [0.1, 0.15) is 0 Å². The first-order valence-corrected chi connectivity index (χ1v) is 4.69. The summed E-state index contributed by atoms with van der Waals surface area (Å²) in [4.78, 5) is 3.89. The Morgan fingerprint density at radius 1 is 1.70 bits per heavy atom. The van der Waals surface area contributed by atoms with E-state index in [-0.39, 0.29) is 0 Å². The van der Waals surface area contributed by atoms with E-state index in [9.17, 15) is 0 Å². The van der Waals surface area contributed by atoms with Gasteiger partial charge in [-0.2, -0.15) is 11.8 Å². The third-order valence-electron chi connectivity index (χ3n) is 1.16. The highest BCUT2D eigenvalue weighted by atomic mass is 35.5. The van der Waals surface area contributed by atoms with Crippen molar-refractivity contribution < 1.29 is 0 Å². The van der Waals surface area contributed by atoms with Crippen molar-refractivity contribution in [1.29, 1.82) is 0 Å². The Labute approximate surface area is 69.8 Å². The summed E-state index contributed by atoms with van der Waals surface area (Å²) in [5.41, 5.74) is 1.16. The van der Waals surface area contributed by atoms with Crippen LogP contribution in [0, 0.1) is 0 Å². The van der Waals surface area contributed by atoms with Gasteiger partial charge in [-0.1, -0.05) is 11.6 Å². The summed E-state index contributed by atoms with van der Waals surface area (Å²) in [7, 11) is 0. The quantitative estimate of drug-likeness (QED) is 0.682. The van der Waals surface area contributed by atoms with Crippen LogP contribution in [0.3, 0.4) is 0 Å². The average molecular weight is 174 g/mol. The number of hydrogen-bond donors (Lipinski definition) is 0. The molecule has 1 aromatic rings. The van der Waals surface area contributed by atoms with E-state index in [0.29, 0.717) is 0 Å². The first kappa shape index (κ1) is 7.89. The molecule has 0 amide bonds. The fourth-order valence-electron chi connectivity index (χ4n) is 0.677. The smallest absolute Gasteiger partial charge is 0.0629 e. The average Bonchev–Trinajstić information content (AvgIpc) is 1.94. The van der Waals surface area contributed by atoms with Gasteiger partial charge in [-0.15, -0.1) is 0 Å². The third kappa shape index (κ3) is 1.89. The van der Waals surface area contributed by atoms with E-state index < -0.39 is 0 Å². The Balaban J connectivity index is 2.81. The molecule has 0 unspecified atom stereocenters. The second-order valence-corrected chi connectivity index (χ2v) is 3.17. The molecular weight excluding hydrogens is 166 g/mol. The summed E-state index contributed by atoms with van der Waals surface area (Å²) < 4.78 is 0. The molecular formula is C7H8ClNS. The van der Waals surface area contributed by atoms with E-state index in [2.05, 4.69) is 11.2 Å². The highest BCUT2D eigenvalue weighted by molar-refractivity contribution is 7.97. The Kier molecular flexibility index (Phi) is 3.03. The molecule has 0 bridgehead atoms. The predicted molar refractivity (Wildman–Crippen MR) is 46.5 cm³/mol. The van der Waals surface area contributed by atoms with E-state index in [1.807, 2.05) is 6.07 Å². The zero-order chi connectivity index (χ0) is 7.40. The molecule has 3 heteroatoms. The van der Waals surface area contributed by atoms with Crippen LogP contribution >= 0.6 is 23.4 Å². The zero-order valence-electron chi connectivity index (χ0n) is 5.67. The van der Waals surface area contributed by atoms with Gasteiger partial charge in [0, 0.05) is 18.1 Å². The van der Waals surface area contributed by atoms with Gasteiger partial charge in [0.05, 0.1) is 5.02 Å². The minimum Gasteiger partial charge on any atom is -0.263 e. The first-order valence-electron chi connectivity index (χ1n) is 2.92. The molecule has 0 saturated heterocycles. The highest BCUT2D eigenvalue weighted by Gasteiger charge is 1.95. The molecule has 0 radical (unpaired) electrons. The van der Waals surface area contributed by atoms with Crippen LogP contribution in [0.2, 0.25) is 5.02 Å². The van der Waals surface area contributed by atoms with E-state index >= 15 is 0 Å². The van der Waals surface area contributed by atoms with Gasteiger partial charge in [0.25, 0.3) is 0 Å². The Morgan fingerprint density at radius 2 is 2.50 bits per heavy atom. The first-order chi connectivity index (χ1) is 4.84. The molecule has 1 aromatic heterocycles. The topological polar surface area (TPSA) is 12.9 Å². The van der Waals surface area contributed by atoms with Gasteiger partial charge in [-0.25, -0.2) is 0 Å². The number of hydrogen-bond acceptors (Lipinski definition) is 2. The van der Waals surface area contributed by atoms with E-state index in [4.69, 9.17) is 11.6 Å². The molecule has 0 aliphatic rings. The number of halogens is 1. The minimum atomic E-state index is 0.761. The largest absolute Gasteiger partial charge is 0.263 e. The molecule has 0 aliphatic heterocycles. The minimum absolute atomic E-state index is 0.761. The number of thioether (sulfide) groups is 1. The van der Waals surface area contributed by atoms with Crippen LogP contribution < -0.4 is 0 Å². The number of pyridine rings is 1. The van der Waals surface area contributed by atoms with Crippen LogP contribution in [0.1, 0.15) is 5.56 Å².